The fourth-order valence-corrected chi connectivity index (χ4v) is 1.46. The lowest BCUT2D eigenvalue weighted by Crippen LogP contribution is -2.48. The van der Waals surface area contributed by atoms with E-state index in [4.69, 9.17) is 0 Å². The highest BCUT2D eigenvalue weighted by Crippen LogP contribution is 2.06. The van der Waals surface area contributed by atoms with Crippen molar-refractivity contribution < 1.29 is 9.59 Å². The van der Waals surface area contributed by atoms with Crippen molar-refractivity contribution in [3.63, 3.8) is 0 Å². The van der Waals surface area contributed by atoms with Gasteiger partial charge < -0.3 is 10.6 Å². The van der Waals surface area contributed by atoms with Crippen LogP contribution < -0.4 is 10.6 Å². The molecule has 2 amide bonds. The Balaban J connectivity index is 2.52. The minimum Gasteiger partial charge on any atom is -0.344 e. The molecule has 0 fully saturated rings. The second kappa shape index (κ2) is 5.67. The van der Waals surface area contributed by atoms with Gasteiger partial charge in [0, 0.05) is 12.1 Å². The lowest BCUT2D eigenvalue weighted by atomic mass is 10.1. The van der Waals surface area contributed by atoms with Gasteiger partial charge in [-0.25, -0.2) is 0 Å². The Bertz CT molecular complexity index is 447. The summed E-state index contributed by atoms with van der Waals surface area (Å²) in [6, 6.07) is 7.74. The summed E-state index contributed by atoms with van der Waals surface area (Å²) in [7, 11) is 0. The maximum Gasteiger partial charge on any atom is 0.309 e. The average molecular weight is 248 g/mol. The third-order valence-electron chi connectivity index (χ3n) is 2.40. The lowest BCUT2D eigenvalue weighted by molar-refractivity contribution is -0.140. The highest BCUT2D eigenvalue weighted by atomic mass is 16.2. The van der Waals surface area contributed by atoms with E-state index < -0.39 is 17.4 Å². The maximum absolute atomic E-state index is 11.6. The number of hydrogen-bond acceptors (Lipinski definition) is 2. The molecule has 4 nitrogen and oxygen atoms in total. The molecule has 0 heterocycles. The van der Waals surface area contributed by atoms with Crippen molar-refractivity contribution in [2.75, 3.05) is 0 Å². The van der Waals surface area contributed by atoms with Gasteiger partial charge in [0.05, 0.1) is 0 Å². The molecule has 0 aromatic heterocycles. The highest BCUT2D eigenvalue weighted by Gasteiger charge is 2.19. The van der Waals surface area contributed by atoms with E-state index in [0.29, 0.717) is 6.54 Å². The van der Waals surface area contributed by atoms with Gasteiger partial charge in [0.2, 0.25) is 0 Å². The van der Waals surface area contributed by atoms with Gasteiger partial charge in [-0.2, -0.15) is 0 Å². The van der Waals surface area contributed by atoms with Crippen LogP contribution >= 0.6 is 0 Å². The summed E-state index contributed by atoms with van der Waals surface area (Å²) in [4.78, 5) is 23.1. The van der Waals surface area contributed by atoms with Crippen LogP contribution in [0.3, 0.4) is 0 Å². The van der Waals surface area contributed by atoms with Crippen molar-refractivity contribution in [3.8, 4) is 0 Å². The van der Waals surface area contributed by atoms with Crippen LogP contribution in [-0.4, -0.2) is 17.4 Å². The summed E-state index contributed by atoms with van der Waals surface area (Å²) in [6.07, 6.45) is 0. The van der Waals surface area contributed by atoms with Gasteiger partial charge in [-0.15, -0.1) is 0 Å². The number of benzene rings is 1. The van der Waals surface area contributed by atoms with Crippen molar-refractivity contribution in [2.24, 2.45) is 0 Å². The fraction of sp³-hybridized carbons (Fsp3) is 0.429. The van der Waals surface area contributed by atoms with Crippen molar-refractivity contribution >= 4 is 11.8 Å². The molecule has 98 valence electrons. The summed E-state index contributed by atoms with van der Waals surface area (Å²) >= 11 is 0. The second-order valence-corrected chi connectivity index (χ2v) is 5.31. The molecule has 0 aliphatic heterocycles. The molecule has 4 heteroatoms. The third-order valence-corrected chi connectivity index (χ3v) is 2.40. The molecular formula is C14H20N2O2. The van der Waals surface area contributed by atoms with Crippen LogP contribution in [0.25, 0.3) is 0 Å². The summed E-state index contributed by atoms with van der Waals surface area (Å²) in [5.74, 6) is -1.20. The number of rotatable bonds is 2. The Labute approximate surface area is 108 Å². The van der Waals surface area contributed by atoms with Gasteiger partial charge in [-0.1, -0.05) is 24.3 Å². The molecule has 1 aromatic rings. The molecule has 0 bridgehead atoms. The summed E-state index contributed by atoms with van der Waals surface area (Å²) < 4.78 is 0. The fourth-order valence-electron chi connectivity index (χ4n) is 1.46. The Kier molecular flexibility index (Phi) is 4.48. The minimum absolute atomic E-state index is 0.364. The van der Waals surface area contributed by atoms with E-state index in [1.807, 2.05) is 52.0 Å². The van der Waals surface area contributed by atoms with E-state index >= 15 is 0 Å². The number of aryl methyl sites for hydroxylation is 1. The summed E-state index contributed by atoms with van der Waals surface area (Å²) in [6.45, 7) is 7.83. The van der Waals surface area contributed by atoms with Gasteiger partial charge in [0.1, 0.15) is 0 Å². The van der Waals surface area contributed by atoms with Crippen LogP contribution in [0.15, 0.2) is 24.3 Å². The number of carbonyl (C=O) groups excluding carboxylic acids is 2. The Morgan fingerprint density at radius 1 is 1.11 bits per heavy atom. The van der Waals surface area contributed by atoms with Gasteiger partial charge >= 0.3 is 11.8 Å². The molecule has 0 radical (unpaired) electrons. The van der Waals surface area contributed by atoms with Gasteiger partial charge in [-0.3, -0.25) is 9.59 Å². The van der Waals surface area contributed by atoms with Crippen LogP contribution in [0.4, 0.5) is 0 Å². The van der Waals surface area contributed by atoms with Crippen LogP contribution in [0.2, 0.25) is 0 Å². The Morgan fingerprint density at radius 2 is 1.72 bits per heavy atom. The predicted molar refractivity (Wildman–Crippen MR) is 70.9 cm³/mol. The normalized spacial score (nSPS) is 10.9. The first-order chi connectivity index (χ1) is 8.29. The van der Waals surface area contributed by atoms with Crippen molar-refractivity contribution in [1.82, 2.24) is 10.6 Å². The first kappa shape index (κ1) is 14.2. The smallest absolute Gasteiger partial charge is 0.309 e. The zero-order chi connectivity index (χ0) is 13.8. The van der Waals surface area contributed by atoms with Crippen molar-refractivity contribution in [3.05, 3.63) is 35.4 Å². The van der Waals surface area contributed by atoms with Gasteiger partial charge in [0.15, 0.2) is 0 Å². The first-order valence-electron chi connectivity index (χ1n) is 5.94. The van der Waals surface area contributed by atoms with Crippen molar-refractivity contribution in [1.29, 1.82) is 0 Å². The van der Waals surface area contributed by atoms with E-state index in [9.17, 15) is 9.59 Å². The molecule has 0 aliphatic rings. The minimum atomic E-state index is -0.604. The zero-order valence-electron chi connectivity index (χ0n) is 11.3. The number of amides is 2. The zero-order valence-corrected chi connectivity index (χ0v) is 11.3. The van der Waals surface area contributed by atoms with Crippen molar-refractivity contribution in [2.45, 2.75) is 39.8 Å². The van der Waals surface area contributed by atoms with E-state index in [2.05, 4.69) is 10.6 Å². The Hall–Kier alpha value is -1.84. The standard InChI is InChI=1S/C14H20N2O2/c1-10-7-5-6-8-11(10)9-15-12(17)13(18)16-14(2,3)4/h5-8H,9H2,1-4H3,(H,15,17)(H,16,18). The molecule has 0 atom stereocenters. The van der Waals surface area contributed by atoms with E-state index in [1.165, 1.54) is 0 Å². The summed E-state index contributed by atoms with van der Waals surface area (Å²) in [5, 5.41) is 5.23. The number of nitrogens with one attached hydrogen (secondary N) is 2. The summed E-state index contributed by atoms with van der Waals surface area (Å²) in [5.41, 5.74) is 1.69. The van der Waals surface area contributed by atoms with Gasteiger partial charge in [-0.05, 0) is 38.8 Å². The average Bonchev–Trinajstić information content (AvgIpc) is 2.25. The molecule has 0 aliphatic carbocycles. The molecule has 0 saturated carbocycles. The van der Waals surface area contributed by atoms with Crippen LogP contribution in [-0.2, 0) is 16.1 Å². The first-order valence-corrected chi connectivity index (χ1v) is 5.94. The molecule has 1 rings (SSSR count). The van der Waals surface area contributed by atoms with Crippen LogP contribution in [0.5, 0.6) is 0 Å². The SMILES string of the molecule is Cc1ccccc1CNC(=O)C(=O)NC(C)(C)C. The lowest BCUT2D eigenvalue weighted by Gasteiger charge is -2.19. The van der Waals surface area contributed by atoms with E-state index in [-0.39, 0.29) is 0 Å². The molecule has 0 saturated heterocycles. The van der Waals surface area contributed by atoms with Gasteiger partial charge in [0.25, 0.3) is 0 Å². The monoisotopic (exact) mass is 248 g/mol. The third kappa shape index (κ3) is 4.57. The molecular weight excluding hydrogens is 228 g/mol. The molecule has 0 unspecified atom stereocenters. The maximum atomic E-state index is 11.6. The largest absolute Gasteiger partial charge is 0.344 e. The number of hydrogen-bond donors (Lipinski definition) is 2. The molecule has 1 aromatic carbocycles. The number of carbonyl (C=O) groups is 2. The molecule has 2 N–H and O–H groups in total. The topological polar surface area (TPSA) is 58.2 Å². The highest BCUT2D eigenvalue weighted by molar-refractivity contribution is 6.35. The van der Waals surface area contributed by atoms with E-state index in [0.717, 1.165) is 11.1 Å². The van der Waals surface area contributed by atoms with Crippen LogP contribution in [0.1, 0.15) is 31.9 Å². The van der Waals surface area contributed by atoms with E-state index in [1.54, 1.807) is 0 Å². The second-order valence-electron chi connectivity index (χ2n) is 5.31. The molecule has 0 spiro atoms. The Morgan fingerprint density at radius 3 is 2.28 bits per heavy atom. The molecule has 18 heavy (non-hydrogen) atoms. The quantitative estimate of drug-likeness (QED) is 0.780. The predicted octanol–water partition coefficient (Wildman–Crippen LogP) is 1.53. The van der Waals surface area contributed by atoms with Crippen LogP contribution in [0, 0.1) is 6.92 Å².